The van der Waals surface area contributed by atoms with E-state index in [2.05, 4.69) is 26.7 Å². The van der Waals surface area contributed by atoms with Gasteiger partial charge in [-0.05, 0) is 57.0 Å². The maximum Gasteiger partial charge on any atom is 0.224 e. The molecule has 0 saturated carbocycles. The number of benzene rings is 1. The van der Waals surface area contributed by atoms with Crippen molar-refractivity contribution in [3.63, 3.8) is 0 Å². The van der Waals surface area contributed by atoms with Crippen molar-refractivity contribution in [2.45, 2.75) is 51.3 Å². The molecule has 0 bridgehead atoms. The van der Waals surface area contributed by atoms with E-state index in [1.807, 2.05) is 57.2 Å². The molecule has 0 saturated heterocycles. The number of aromatic nitrogens is 5. The standard InChI is InChI=1S/C24H27ClN6OS/c1-5-7-20(30-33(32)24(2,3)4)19-9-6-8-18(28-19)16-10-11-17-15-27-31(21(17)14-16)22-12-13-26-23(25)29-22/h6,8-15,20,30H,5,7H2,1-4H3/t20-,33+/m0/s1. The van der Waals surface area contributed by atoms with Crippen LogP contribution in [0, 0.1) is 0 Å². The number of hydrogen-bond acceptors (Lipinski definition) is 5. The Morgan fingerprint density at radius 2 is 1.97 bits per heavy atom. The normalized spacial score (nSPS) is 13.8. The lowest BCUT2D eigenvalue weighted by atomic mass is 10.1. The Hall–Kier alpha value is -2.68. The van der Waals surface area contributed by atoms with Gasteiger partial charge in [0.05, 0.1) is 44.9 Å². The van der Waals surface area contributed by atoms with Crippen LogP contribution in [0.25, 0.3) is 28.0 Å². The third kappa shape index (κ3) is 5.29. The van der Waals surface area contributed by atoms with Crippen molar-refractivity contribution < 1.29 is 4.21 Å². The van der Waals surface area contributed by atoms with E-state index in [-0.39, 0.29) is 16.1 Å². The van der Waals surface area contributed by atoms with E-state index >= 15 is 0 Å². The Labute approximate surface area is 201 Å². The number of halogens is 1. The zero-order valence-corrected chi connectivity index (χ0v) is 20.7. The Balaban J connectivity index is 1.71. The summed E-state index contributed by atoms with van der Waals surface area (Å²) in [7, 11) is -1.18. The van der Waals surface area contributed by atoms with Crippen molar-refractivity contribution >= 4 is 33.5 Å². The van der Waals surface area contributed by atoms with Crippen molar-refractivity contribution in [2.75, 3.05) is 0 Å². The Bertz CT molecular complexity index is 1300. The van der Waals surface area contributed by atoms with Crippen LogP contribution in [0.4, 0.5) is 0 Å². The zero-order valence-electron chi connectivity index (χ0n) is 19.1. The zero-order chi connectivity index (χ0) is 23.6. The Morgan fingerprint density at radius 3 is 2.70 bits per heavy atom. The second kappa shape index (κ2) is 9.67. The van der Waals surface area contributed by atoms with Crippen LogP contribution in [-0.4, -0.2) is 33.7 Å². The molecule has 7 nitrogen and oxygen atoms in total. The molecule has 0 fully saturated rings. The van der Waals surface area contributed by atoms with Crippen LogP contribution in [0.15, 0.2) is 54.9 Å². The van der Waals surface area contributed by atoms with Crippen LogP contribution in [0.2, 0.25) is 5.28 Å². The lowest BCUT2D eigenvalue weighted by molar-refractivity contribution is 0.555. The van der Waals surface area contributed by atoms with Crippen molar-refractivity contribution in [1.29, 1.82) is 0 Å². The van der Waals surface area contributed by atoms with Gasteiger partial charge in [0.1, 0.15) is 0 Å². The van der Waals surface area contributed by atoms with Crippen LogP contribution < -0.4 is 4.72 Å². The van der Waals surface area contributed by atoms with Crippen molar-refractivity contribution in [3.8, 4) is 17.1 Å². The molecule has 4 aromatic rings. The van der Waals surface area contributed by atoms with Gasteiger partial charge in [-0.2, -0.15) is 10.1 Å². The molecule has 2 atom stereocenters. The van der Waals surface area contributed by atoms with Crippen molar-refractivity contribution in [2.24, 2.45) is 0 Å². The summed E-state index contributed by atoms with van der Waals surface area (Å²) in [6, 6.07) is 13.7. The molecular weight excluding hydrogens is 456 g/mol. The van der Waals surface area contributed by atoms with Crippen LogP contribution >= 0.6 is 11.6 Å². The number of rotatable bonds is 7. The van der Waals surface area contributed by atoms with E-state index in [9.17, 15) is 4.21 Å². The molecule has 1 aromatic carbocycles. The highest BCUT2D eigenvalue weighted by atomic mass is 35.5. The smallest absolute Gasteiger partial charge is 0.224 e. The molecular formula is C24H27ClN6OS. The molecule has 4 rings (SSSR count). The largest absolute Gasteiger partial charge is 0.251 e. The third-order valence-corrected chi connectivity index (χ3v) is 7.00. The predicted molar refractivity (Wildman–Crippen MR) is 134 cm³/mol. The van der Waals surface area contributed by atoms with Gasteiger partial charge >= 0.3 is 0 Å². The minimum Gasteiger partial charge on any atom is -0.251 e. The van der Waals surface area contributed by atoms with Crippen molar-refractivity contribution in [3.05, 3.63) is 65.8 Å². The second-order valence-corrected chi connectivity index (χ2v) is 11.1. The summed E-state index contributed by atoms with van der Waals surface area (Å²) in [5.74, 6) is 0.598. The average Bonchev–Trinajstić information content (AvgIpc) is 3.21. The first kappa shape index (κ1) is 23.5. The van der Waals surface area contributed by atoms with Gasteiger partial charge in [0.2, 0.25) is 5.28 Å². The van der Waals surface area contributed by atoms with E-state index in [0.717, 1.165) is 40.7 Å². The summed E-state index contributed by atoms with van der Waals surface area (Å²) in [6.45, 7) is 8.01. The monoisotopic (exact) mass is 482 g/mol. The topological polar surface area (TPSA) is 85.6 Å². The van der Waals surface area contributed by atoms with Gasteiger partial charge in [0.15, 0.2) is 5.82 Å². The maximum atomic E-state index is 12.7. The Morgan fingerprint density at radius 1 is 1.15 bits per heavy atom. The molecule has 0 spiro atoms. The Kier molecular flexibility index (Phi) is 6.88. The molecule has 9 heteroatoms. The second-order valence-electron chi connectivity index (χ2n) is 8.80. The van der Waals surface area contributed by atoms with E-state index in [0.29, 0.717) is 5.82 Å². The van der Waals surface area contributed by atoms with Gasteiger partial charge in [0.25, 0.3) is 0 Å². The number of pyridine rings is 1. The molecule has 3 heterocycles. The minimum atomic E-state index is -1.18. The third-order valence-electron chi connectivity index (χ3n) is 5.21. The highest BCUT2D eigenvalue weighted by molar-refractivity contribution is 7.84. The van der Waals surface area contributed by atoms with E-state index in [1.54, 1.807) is 23.1 Å². The van der Waals surface area contributed by atoms with Crippen molar-refractivity contribution in [1.82, 2.24) is 29.5 Å². The summed E-state index contributed by atoms with van der Waals surface area (Å²) >= 11 is 5.98. The molecule has 0 aliphatic heterocycles. The van der Waals surface area contributed by atoms with E-state index < -0.39 is 11.0 Å². The van der Waals surface area contributed by atoms with E-state index in [1.165, 1.54) is 0 Å². The van der Waals surface area contributed by atoms with Crippen LogP contribution in [0.5, 0.6) is 0 Å². The molecule has 33 heavy (non-hydrogen) atoms. The predicted octanol–water partition coefficient (Wildman–Crippen LogP) is 5.42. The number of hydrogen-bond donors (Lipinski definition) is 1. The first-order chi connectivity index (χ1) is 15.8. The van der Waals surface area contributed by atoms with Gasteiger partial charge in [-0.25, -0.2) is 18.6 Å². The highest BCUT2D eigenvalue weighted by Crippen LogP contribution is 2.27. The van der Waals surface area contributed by atoms with Gasteiger partial charge < -0.3 is 0 Å². The van der Waals surface area contributed by atoms with Gasteiger partial charge in [0, 0.05) is 23.2 Å². The SMILES string of the molecule is CCC[C@H](N[S@](=O)C(C)(C)C)c1cccc(-c2ccc3cnn(-c4ccnc(Cl)n4)c3c2)n1. The fourth-order valence-corrected chi connectivity index (χ4v) is 4.47. The highest BCUT2D eigenvalue weighted by Gasteiger charge is 2.24. The summed E-state index contributed by atoms with van der Waals surface area (Å²) in [6.07, 6.45) is 5.20. The van der Waals surface area contributed by atoms with E-state index in [4.69, 9.17) is 16.6 Å². The molecule has 0 aliphatic rings. The molecule has 0 radical (unpaired) electrons. The number of nitrogens with zero attached hydrogens (tertiary/aromatic N) is 5. The van der Waals surface area contributed by atoms with Gasteiger partial charge in [-0.1, -0.05) is 31.5 Å². The van der Waals surface area contributed by atoms with Crippen LogP contribution in [0.1, 0.15) is 52.3 Å². The lowest BCUT2D eigenvalue weighted by Crippen LogP contribution is -2.36. The molecule has 0 amide bonds. The number of fused-ring (bicyclic) bond motifs is 1. The quantitative estimate of drug-likeness (QED) is 0.355. The van der Waals surface area contributed by atoms with Crippen LogP contribution in [-0.2, 0) is 11.0 Å². The average molecular weight is 483 g/mol. The lowest BCUT2D eigenvalue weighted by Gasteiger charge is -2.24. The van der Waals surface area contributed by atoms with Gasteiger partial charge in [-0.3, -0.25) is 4.98 Å². The summed E-state index contributed by atoms with van der Waals surface area (Å²) in [5, 5.41) is 5.62. The summed E-state index contributed by atoms with van der Waals surface area (Å²) < 4.78 is 17.4. The molecule has 3 aromatic heterocycles. The van der Waals surface area contributed by atoms with Gasteiger partial charge in [-0.15, -0.1) is 0 Å². The summed E-state index contributed by atoms with van der Waals surface area (Å²) in [5.41, 5.74) is 3.57. The first-order valence-electron chi connectivity index (χ1n) is 10.9. The fourth-order valence-electron chi connectivity index (χ4n) is 3.47. The molecule has 172 valence electrons. The van der Waals surface area contributed by atoms with Crippen LogP contribution in [0.3, 0.4) is 0 Å². The first-order valence-corrected chi connectivity index (χ1v) is 12.4. The fraction of sp³-hybridized carbons (Fsp3) is 0.333. The molecule has 1 N–H and O–H groups in total. The number of nitrogens with one attached hydrogen (secondary N) is 1. The molecule has 0 unspecified atom stereocenters. The maximum absolute atomic E-state index is 12.7. The molecule has 0 aliphatic carbocycles. The summed E-state index contributed by atoms with van der Waals surface area (Å²) in [4.78, 5) is 13.2. The minimum absolute atomic E-state index is 0.0903.